The van der Waals surface area contributed by atoms with Crippen molar-refractivity contribution < 1.29 is 9.59 Å². The molecule has 0 unspecified atom stereocenters. The summed E-state index contributed by atoms with van der Waals surface area (Å²) in [5.41, 5.74) is 2.18. The number of anilines is 1. The molecule has 0 bridgehead atoms. The third-order valence-corrected chi connectivity index (χ3v) is 4.58. The van der Waals surface area contributed by atoms with Crippen molar-refractivity contribution in [3.63, 3.8) is 0 Å². The van der Waals surface area contributed by atoms with Crippen molar-refractivity contribution in [3.05, 3.63) is 54.4 Å². The van der Waals surface area contributed by atoms with E-state index in [1.165, 1.54) is 6.08 Å². The van der Waals surface area contributed by atoms with Gasteiger partial charge in [0, 0.05) is 30.9 Å². The maximum absolute atomic E-state index is 12.5. The minimum atomic E-state index is -0.215. The number of hydrogen-bond acceptors (Lipinski definition) is 4. The summed E-state index contributed by atoms with van der Waals surface area (Å²) in [6.45, 7) is 8.20. The van der Waals surface area contributed by atoms with Crippen LogP contribution in [0.5, 0.6) is 0 Å². The number of amides is 2. The van der Waals surface area contributed by atoms with Gasteiger partial charge in [-0.05, 0) is 50.1 Å². The summed E-state index contributed by atoms with van der Waals surface area (Å²) in [5, 5.41) is 7.91. The lowest BCUT2D eigenvalue weighted by molar-refractivity contribution is -0.114. The van der Waals surface area contributed by atoms with Crippen LogP contribution < -0.4 is 4.90 Å². The number of benzene rings is 1. The lowest BCUT2D eigenvalue weighted by Crippen LogP contribution is -2.30. The smallest absolute Gasteiger partial charge is 0.253 e. The van der Waals surface area contributed by atoms with Crippen LogP contribution in [-0.4, -0.2) is 44.8 Å². The molecular formula is C19H23N5O2. The molecular weight excluding hydrogens is 330 g/mol. The second kappa shape index (κ2) is 7.95. The molecule has 3 rings (SSSR count). The topological polar surface area (TPSA) is 71.3 Å². The van der Waals surface area contributed by atoms with Crippen LogP contribution in [-0.2, 0) is 17.9 Å². The van der Waals surface area contributed by atoms with Crippen LogP contribution in [0.2, 0.25) is 0 Å². The molecule has 136 valence electrons. The van der Waals surface area contributed by atoms with Crippen LogP contribution in [0.3, 0.4) is 0 Å². The first kappa shape index (κ1) is 17.8. The highest BCUT2D eigenvalue weighted by atomic mass is 16.2. The number of carbonyl (C=O) groups is 2. The maximum Gasteiger partial charge on any atom is 0.253 e. The summed E-state index contributed by atoms with van der Waals surface area (Å²) >= 11 is 0. The van der Waals surface area contributed by atoms with E-state index in [4.69, 9.17) is 0 Å². The second-order valence-corrected chi connectivity index (χ2v) is 6.22. The van der Waals surface area contributed by atoms with Gasteiger partial charge in [0.25, 0.3) is 11.8 Å². The predicted octanol–water partition coefficient (Wildman–Crippen LogP) is 2.25. The van der Waals surface area contributed by atoms with E-state index >= 15 is 0 Å². The Morgan fingerprint density at radius 1 is 1.23 bits per heavy atom. The Morgan fingerprint density at radius 2 is 1.92 bits per heavy atom. The maximum atomic E-state index is 12.5. The Morgan fingerprint density at radius 3 is 2.54 bits per heavy atom. The molecule has 0 N–H and O–H groups in total. The highest BCUT2D eigenvalue weighted by Crippen LogP contribution is 2.20. The normalized spacial score (nSPS) is 13.7. The van der Waals surface area contributed by atoms with Crippen molar-refractivity contribution in [2.45, 2.75) is 32.9 Å². The van der Waals surface area contributed by atoms with E-state index in [0.29, 0.717) is 24.3 Å². The van der Waals surface area contributed by atoms with Gasteiger partial charge in [0.05, 0.1) is 18.4 Å². The zero-order chi connectivity index (χ0) is 18.5. The van der Waals surface area contributed by atoms with E-state index in [0.717, 1.165) is 31.6 Å². The van der Waals surface area contributed by atoms with E-state index in [1.807, 2.05) is 11.8 Å². The summed E-state index contributed by atoms with van der Waals surface area (Å²) < 4.78 is 1.74. The Labute approximate surface area is 152 Å². The van der Waals surface area contributed by atoms with Gasteiger partial charge in [0.1, 0.15) is 0 Å². The van der Waals surface area contributed by atoms with E-state index in [-0.39, 0.29) is 11.8 Å². The molecule has 2 amide bonds. The van der Waals surface area contributed by atoms with Crippen LogP contribution in [0, 0.1) is 0 Å². The van der Waals surface area contributed by atoms with E-state index < -0.39 is 0 Å². The Balaban J connectivity index is 1.81. The van der Waals surface area contributed by atoms with Crippen molar-refractivity contribution in [1.82, 2.24) is 19.9 Å². The van der Waals surface area contributed by atoms with Crippen molar-refractivity contribution in [3.8, 4) is 0 Å². The summed E-state index contributed by atoms with van der Waals surface area (Å²) in [5.74, 6) is -0.170. The molecule has 0 aliphatic carbocycles. The lowest BCUT2D eigenvalue weighted by Gasteiger charge is -2.22. The second-order valence-electron chi connectivity index (χ2n) is 6.22. The fraction of sp³-hybridized carbons (Fsp3) is 0.368. The fourth-order valence-electron chi connectivity index (χ4n) is 3.12. The van der Waals surface area contributed by atoms with Crippen molar-refractivity contribution in [2.75, 3.05) is 18.0 Å². The number of hydrogen-bond donors (Lipinski definition) is 0. The van der Waals surface area contributed by atoms with Crippen molar-refractivity contribution >= 4 is 17.5 Å². The summed E-state index contributed by atoms with van der Waals surface area (Å²) in [6.07, 6.45) is 5.05. The largest absolute Gasteiger partial charge is 0.339 e. The standard InChI is InChI=1S/C19H23N5O2/c1-3-18(25)23(14-17-13-20-21-24(17)4-2)16-9-7-15(8-10-16)19(26)22-11-5-6-12-22/h3,7-10,13H,1,4-6,11-12,14H2,2H3. The minimum Gasteiger partial charge on any atom is -0.339 e. The molecule has 1 saturated heterocycles. The monoisotopic (exact) mass is 353 g/mol. The predicted molar refractivity (Wildman–Crippen MR) is 98.7 cm³/mol. The van der Waals surface area contributed by atoms with Gasteiger partial charge in [-0.25, -0.2) is 4.68 Å². The first-order valence-corrected chi connectivity index (χ1v) is 8.84. The molecule has 1 aromatic heterocycles. The third-order valence-electron chi connectivity index (χ3n) is 4.58. The number of rotatable bonds is 6. The molecule has 1 aliphatic rings. The lowest BCUT2D eigenvalue weighted by atomic mass is 10.1. The Bertz CT molecular complexity index is 791. The van der Waals surface area contributed by atoms with Gasteiger partial charge in [0.2, 0.25) is 0 Å². The molecule has 0 radical (unpaired) electrons. The van der Waals surface area contributed by atoms with Crippen LogP contribution >= 0.6 is 0 Å². The third kappa shape index (κ3) is 3.66. The number of carbonyl (C=O) groups excluding carboxylic acids is 2. The molecule has 1 aliphatic heterocycles. The van der Waals surface area contributed by atoms with E-state index in [1.54, 1.807) is 40.0 Å². The van der Waals surface area contributed by atoms with Gasteiger partial charge in [-0.1, -0.05) is 11.8 Å². The molecule has 2 aromatic rings. The van der Waals surface area contributed by atoms with Gasteiger partial charge in [-0.2, -0.15) is 0 Å². The molecule has 7 heteroatoms. The molecule has 1 aromatic carbocycles. The minimum absolute atomic E-state index is 0.0453. The molecule has 0 atom stereocenters. The molecule has 1 fully saturated rings. The zero-order valence-corrected chi connectivity index (χ0v) is 15.0. The van der Waals surface area contributed by atoms with Crippen LogP contribution in [0.4, 0.5) is 5.69 Å². The van der Waals surface area contributed by atoms with Gasteiger partial charge in [-0.15, -0.1) is 5.10 Å². The number of aryl methyl sites for hydroxylation is 1. The zero-order valence-electron chi connectivity index (χ0n) is 15.0. The summed E-state index contributed by atoms with van der Waals surface area (Å²) in [6, 6.07) is 7.14. The Hall–Kier alpha value is -2.96. The first-order chi connectivity index (χ1) is 12.6. The molecule has 0 spiro atoms. The number of aromatic nitrogens is 3. The van der Waals surface area contributed by atoms with Gasteiger partial charge < -0.3 is 9.80 Å². The van der Waals surface area contributed by atoms with E-state index in [2.05, 4.69) is 16.9 Å². The first-order valence-electron chi connectivity index (χ1n) is 8.84. The van der Waals surface area contributed by atoms with Crippen molar-refractivity contribution in [1.29, 1.82) is 0 Å². The molecule has 7 nitrogen and oxygen atoms in total. The van der Waals surface area contributed by atoms with Gasteiger partial charge in [-0.3, -0.25) is 9.59 Å². The van der Waals surface area contributed by atoms with Crippen LogP contribution in [0.15, 0.2) is 43.1 Å². The molecule has 2 heterocycles. The average molecular weight is 353 g/mol. The summed E-state index contributed by atoms with van der Waals surface area (Å²) in [4.78, 5) is 28.3. The quantitative estimate of drug-likeness (QED) is 0.747. The highest BCUT2D eigenvalue weighted by Gasteiger charge is 2.21. The van der Waals surface area contributed by atoms with Crippen LogP contribution in [0.1, 0.15) is 35.8 Å². The SMILES string of the molecule is C=CC(=O)N(Cc1cnnn1CC)c1ccc(C(=O)N2CCCC2)cc1. The van der Waals surface area contributed by atoms with E-state index in [9.17, 15) is 9.59 Å². The molecule has 26 heavy (non-hydrogen) atoms. The number of likely N-dealkylation sites (tertiary alicyclic amines) is 1. The fourth-order valence-corrected chi connectivity index (χ4v) is 3.12. The highest BCUT2D eigenvalue weighted by molar-refractivity contribution is 6.01. The van der Waals surface area contributed by atoms with Crippen molar-refractivity contribution in [2.24, 2.45) is 0 Å². The van der Waals surface area contributed by atoms with Crippen LogP contribution in [0.25, 0.3) is 0 Å². The number of nitrogens with zero attached hydrogens (tertiary/aromatic N) is 5. The molecule has 0 saturated carbocycles. The van der Waals surface area contributed by atoms with Gasteiger partial charge >= 0.3 is 0 Å². The summed E-state index contributed by atoms with van der Waals surface area (Å²) in [7, 11) is 0. The Kier molecular flexibility index (Phi) is 5.46. The average Bonchev–Trinajstić information content (AvgIpc) is 3.36. The van der Waals surface area contributed by atoms with Gasteiger partial charge in [0.15, 0.2) is 0 Å².